The number of rotatable bonds is 6. The minimum atomic E-state index is -0.309. The van der Waals surface area contributed by atoms with Crippen LogP contribution in [0.5, 0.6) is 0 Å². The second-order valence-corrected chi connectivity index (χ2v) is 9.58. The highest BCUT2D eigenvalue weighted by molar-refractivity contribution is 6.09. The number of benzene rings is 2. The van der Waals surface area contributed by atoms with E-state index in [4.69, 9.17) is 0 Å². The molecule has 34 heavy (non-hydrogen) atoms. The normalized spacial score (nSPS) is 17.3. The first kappa shape index (κ1) is 24.0. The Balaban J connectivity index is 1.46. The van der Waals surface area contributed by atoms with Crippen LogP contribution in [0.1, 0.15) is 65.8 Å². The van der Waals surface area contributed by atoms with Gasteiger partial charge in [-0.3, -0.25) is 14.4 Å². The Hall–Kier alpha value is -3.19. The molecule has 2 saturated heterocycles. The molecule has 0 aromatic heterocycles. The van der Waals surface area contributed by atoms with Crippen molar-refractivity contribution in [3.8, 4) is 0 Å². The second kappa shape index (κ2) is 10.4. The Morgan fingerprint density at radius 2 is 1.76 bits per heavy atom. The molecule has 2 heterocycles. The minimum absolute atomic E-state index is 0.0780. The van der Waals surface area contributed by atoms with Crippen LogP contribution in [0, 0.1) is 6.92 Å². The Morgan fingerprint density at radius 1 is 1.00 bits per heavy atom. The molecule has 4 rings (SSSR count). The van der Waals surface area contributed by atoms with Crippen LogP contribution < -0.4 is 15.5 Å². The molecule has 2 aliphatic heterocycles. The van der Waals surface area contributed by atoms with Gasteiger partial charge in [-0.25, -0.2) is 0 Å². The molecule has 2 N–H and O–H groups in total. The van der Waals surface area contributed by atoms with E-state index in [0.29, 0.717) is 35.8 Å². The molecule has 0 atom stereocenters. The number of aryl methyl sites for hydroxylation is 1. The maximum absolute atomic E-state index is 13.2. The van der Waals surface area contributed by atoms with Crippen LogP contribution in [-0.2, 0) is 4.79 Å². The average Bonchev–Trinajstić information content (AvgIpc) is 3.26. The van der Waals surface area contributed by atoms with Gasteiger partial charge in [0.05, 0.1) is 11.3 Å². The number of carbonyl (C=O) groups excluding carboxylic acids is 3. The van der Waals surface area contributed by atoms with E-state index in [9.17, 15) is 14.4 Å². The van der Waals surface area contributed by atoms with Crippen molar-refractivity contribution in [2.75, 3.05) is 29.9 Å². The Bertz CT molecular complexity index is 1070. The fourth-order valence-electron chi connectivity index (χ4n) is 4.71. The molecular weight excluding hydrogens is 428 g/mol. The van der Waals surface area contributed by atoms with Crippen molar-refractivity contribution in [2.24, 2.45) is 0 Å². The number of hydrogen-bond donors (Lipinski definition) is 2. The van der Waals surface area contributed by atoms with Gasteiger partial charge in [0.1, 0.15) is 0 Å². The summed E-state index contributed by atoms with van der Waals surface area (Å²) >= 11 is 0. The third-order valence-corrected chi connectivity index (χ3v) is 6.76. The van der Waals surface area contributed by atoms with Crippen LogP contribution in [0.15, 0.2) is 42.5 Å². The van der Waals surface area contributed by atoms with E-state index < -0.39 is 0 Å². The number of piperidine rings is 1. The topological polar surface area (TPSA) is 81.8 Å². The minimum Gasteiger partial charge on any atom is -0.349 e. The first-order chi connectivity index (χ1) is 16.3. The number of nitrogens with zero attached hydrogens (tertiary/aromatic N) is 2. The standard InChI is InChI=1S/C27H34N4O3/c1-18(2)30-14-11-21(12-15-30)28-27(34)23-16-19(3)9-10-24(23)29-26(33)20-6-4-7-22(17-20)31-13-5-8-25(31)32/h4,6-7,9-10,16-18,21H,5,8,11-15H2,1-3H3,(H,28,34)(H,29,33). The predicted octanol–water partition coefficient (Wildman–Crippen LogP) is 3.98. The molecule has 0 saturated carbocycles. The summed E-state index contributed by atoms with van der Waals surface area (Å²) in [5, 5.41) is 6.08. The van der Waals surface area contributed by atoms with Crippen molar-refractivity contribution >= 4 is 29.1 Å². The lowest BCUT2D eigenvalue weighted by atomic mass is 10.0. The summed E-state index contributed by atoms with van der Waals surface area (Å²) in [5.74, 6) is -0.399. The monoisotopic (exact) mass is 462 g/mol. The van der Waals surface area contributed by atoms with Gasteiger partial charge in [0.15, 0.2) is 0 Å². The van der Waals surface area contributed by atoms with Crippen molar-refractivity contribution in [2.45, 2.75) is 58.5 Å². The molecule has 180 valence electrons. The molecule has 0 radical (unpaired) electrons. The van der Waals surface area contributed by atoms with Gasteiger partial charge < -0.3 is 20.4 Å². The van der Waals surface area contributed by atoms with Crippen LogP contribution in [0.2, 0.25) is 0 Å². The van der Waals surface area contributed by atoms with Gasteiger partial charge in [0.2, 0.25) is 5.91 Å². The van der Waals surface area contributed by atoms with E-state index in [0.717, 1.165) is 43.6 Å². The third kappa shape index (κ3) is 5.47. The quantitative estimate of drug-likeness (QED) is 0.681. The highest BCUT2D eigenvalue weighted by atomic mass is 16.2. The fraction of sp³-hybridized carbons (Fsp3) is 0.444. The smallest absolute Gasteiger partial charge is 0.255 e. The molecule has 2 fully saturated rings. The maximum atomic E-state index is 13.2. The van der Waals surface area contributed by atoms with E-state index >= 15 is 0 Å². The fourth-order valence-corrected chi connectivity index (χ4v) is 4.71. The molecule has 2 aliphatic rings. The number of carbonyl (C=O) groups is 3. The Kier molecular flexibility index (Phi) is 7.32. The van der Waals surface area contributed by atoms with Crippen molar-refractivity contribution in [1.82, 2.24) is 10.2 Å². The summed E-state index contributed by atoms with van der Waals surface area (Å²) < 4.78 is 0. The van der Waals surface area contributed by atoms with Crippen LogP contribution in [-0.4, -0.2) is 54.3 Å². The Morgan fingerprint density at radius 3 is 2.44 bits per heavy atom. The van der Waals surface area contributed by atoms with Crippen LogP contribution >= 0.6 is 0 Å². The molecule has 0 unspecified atom stereocenters. The van der Waals surface area contributed by atoms with Crippen molar-refractivity contribution in [1.29, 1.82) is 0 Å². The molecule has 0 aliphatic carbocycles. The van der Waals surface area contributed by atoms with Gasteiger partial charge >= 0.3 is 0 Å². The Labute approximate surface area is 201 Å². The van der Waals surface area contributed by atoms with Crippen molar-refractivity contribution in [3.05, 3.63) is 59.2 Å². The largest absolute Gasteiger partial charge is 0.349 e. The van der Waals surface area contributed by atoms with Gasteiger partial charge in [-0.05, 0) is 70.4 Å². The lowest BCUT2D eigenvalue weighted by molar-refractivity contribution is -0.117. The summed E-state index contributed by atoms with van der Waals surface area (Å²) in [7, 11) is 0. The van der Waals surface area contributed by atoms with Crippen LogP contribution in [0.3, 0.4) is 0 Å². The van der Waals surface area contributed by atoms with E-state index in [1.54, 1.807) is 29.2 Å². The van der Waals surface area contributed by atoms with Gasteiger partial charge in [0, 0.05) is 49.4 Å². The summed E-state index contributed by atoms with van der Waals surface area (Å²) in [6.07, 6.45) is 3.20. The molecule has 7 heteroatoms. The maximum Gasteiger partial charge on any atom is 0.255 e. The summed E-state index contributed by atoms with van der Waals surface area (Å²) in [6, 6.07) is 13.2. The molecule has 3 amide bonds. The van der Waals surface area contributed by atoms with E-state index in [1.807, 2.05) is 25.1 Å². The lowest BCUT2D eigenvalue weighted by Gasteiger charge is -2.35. The molecule has 0 spiro atoms. The number of likely N-dealkylation sites (tertiary alicyclic amines) is 1. The van der Waals surface area contributed by atoms with E-state index in [1.165, 1.54) is 0 Å². The number of hydrogen-bond acceptors (Lipinski definition) is 4. The first-order valence-corrected chi connectivity index (χ1v) is 12.2. The summed E-state index contributed by atoms with van der Waals surface area (Å²) in [4.78, 5) is 42.5. The zero-order chi connectivity index (χ0) is 24.2. The van der Waals surface area contributed by atoms with E-state index in [2.05, 4.69) is 29.4 Å². The number of amides is 3. The van der Waals surface area contributed by atoms with Gasteiger partial charge in [-0.2, -0.15) is 0 Å². The zero-order valence-electron chi connectivity index (χ0n) is 20.3. The predicted molar refractivity (Wildman–Crippen MR) is 134 cm³/mol. The van der Waals surface area contributed by atoms with Crippen LogP contribution in [0.4, 0.5) is 11.4 Å². The molecule has 2 aromatic rings. The molecule has 2 aromatic carbocycles. The van der Waals surface area contributed by atoms with Gasteiger partial charge in [0.25, 0.3) is 11.8 Å². The number of anilines is 2. The highest BCUT2D eigenvalue weighted by Crippen LogP contribution is 2.24. The first-order valence-electron chi connectivity index (χ1n) is 12.2. The SMILES string of the molecule is Cc1ccc(NC(=O)c2cccc(N3CCCC3=O)c2)c(C(=O)NC2CCN(C(C)C)CC2)c1. The average molecular weight is 463 g/mol. The van der Waals surface area contributed by atoms with Crippen molar-refractivity contribution < 1.29 is 14.4 Å². The van der Waals surface area contributed by atoms with E-state index in [-0.39, 0.29) is 23.8 Å². The lowest BCUT2D eigenvalue weighted by Crippen LogP contribution is -2.46. The van der Waals surface area contributed by atoms with Crippen molar-refractivity contribution in [3.63, 3.8) is 0 Å². The third-order valence-electron chi connectivity index (χ3n) is 6.76. The molecule has 7 nitrogen and oxygen atoms in total. The zero-order valence-corrected chi connectivity index (χ0v) is 20.3. The molecule has 0 bridgehead atoms. The number of nitrogens with one attached hydrogen (secondary N) is 2. The summed E-state index contributed by atoms with van der Waals surface area (Å²) in [5.41, 5.74) is 3.07. The molecular formula is C27H34N4O3. The highest BCUT2D eigenvalue weighted by Gasteiger charge is 2.25. The second-order valence-electron chi connectivity index (χ2n) is 9.58. The summed E-state index contributed by atoms with van der Waals surface area (Å²) in [6.45, 7) is 8.92. The van der Waals surface area contributed by atoms with Gasteiger partial charge in [-0.1, -0.05) is 17.7 Å². The van der Waals surface area contributed by atoms with Gasteiger partial charge in [-0.15, -0.1) is 0 Å². The van der Waals surface area contributed by atoms with Crippen LogP contribution in [0.25, 0.3) is 0 Å².